The van der Waals surface area contributed by atoms with Gasteiger partial charge in [-0.15, -0.1) is 0 Å². The Labute approximate surface area is 205 Å². The first-order chi connectivity index (χ1) is 17.3. The second kappa shape index (κ2) is 9.68. The van der Waals surface area contributed by atoms with Crippen LogP contribution in [0.3, 0.4) is 0 Å². The quantitative estimate of drug-likeness (QED) is 0.406. The van der Waals surface area contributed by atoms with Gasteiger partial charge >= 0.3 is 0 Å². The zero-order valence-electron chi connectivity index (χ0n) is 19.9. The molecule has 0 unspecified atom stereocenters. The third kappa shape index (κ3) is 4.37. The molecular formula is C28H31N5O2. The lowest BCUT2D eigenvalue weighted by atomic mass is 10.0. The zero-order valence-corrected chi connectivity index (χ0v) is 19.9. The molecule has 7 heteroatoms. The van der Waals surface area contributed by atoms with E-state index in [0.717, 1.165) is 66.5 Å². The van der Waals surface area contributed by atoms with Crippen LogP contribution in [0.4, 0.5) is 5.82 Å². The van der Waals surface area contributed by atoms with E-state index in [1.54, 1.807) is 6.33 Å². The molecule has 2 aromatic carbocycles. The van der Waals surface area contributed by atoms with E-state index >= 15 is 0 Å². The van der Waals surface area contributed by atoms with Gasteiger partial charge in [0.2, 0.25) is 0 Å². The first kappa shape index (κ1) is 22.1. The summed E-state index contributed by atoms with van der Waals surface area (Å²) in [6.07, 6.45) is 6.45. The first-order valence-corrected chi connectivity index (χ1v) is 12.5. The van der Waals surface area contributed by atoms with Crippen molar-refractivity contribution in [3.8, 4) is 22.6 Å². The highest BCUT2D eigenvalue weighted by molar-refractivity contribution is 6.02. The highest BCUT2D eigenvalue weighted by Gasteiger charge is 2.29. The van der Waals surface area contributed by atoms with Gasteiger partial charge in [0.1, 0.15) is 29.3 Å². The summed E-state index contributed by atoms with van der Waals surface area (Å²) in [5.41, 5.74) is 11.0. The van der Waals surface area contributed by atoms with Crippen LogP contribution in [-0.2, 0) is 11.3 Å². The normalized spacial score (nSPS) is 17.3. The molecule has 3 heterocycles. The Morgan fingerprint density at radius 1 is 0.914 bits per heavy atom. The van der Waals surface area contributed by atoms with E-state index < -0.39 is 0 Å². The molecule has 0 spiro atoms. The van der Waals surface area contributed by atoms with Crippen LogP contribution < -0.4 is 10.5 Å². The number of fused-ring (bicyclic) bond motifs is 1. The molecule has 180 valence electrons. The monoisotopic (exact) mass is 469 g/mol. The Morgan fingerprint density at radius 2 is 1.63 bits per heavy atom. The minimum atomic E-state index is 0.442. The molecule has 2 N–H and O–H groups in total. The van der Waals surface area contributed by atoms with Gasteiger partial charge in [-0.2, -0.15) is 0 Å². The Bertz CT molecular complexity index is 1290. The number of hydrogen-bond acceptors (Lipinski definition) is 6. The van der Waals surface area contributed by atoms with Gasteiger partial charge in [-0.1, -0.05) is 43.2 Å². The number of para-hydroxylation sites is 1. The van der Waals surface area contributed by atoms with Crippen molar-refractivity contribution < 1.29 is 9.47 Å². The average molecular weight is 470 g/mol. The van der Waals surface area contributed by atoms with E-state index in [4.69, 9.17) is 20.2 Å². The molecule has 1 saturated heterocycles. The summed E-state index contributed by atoms with van der Waals surface area (Å²) in [6.45, 7) is 4.24. The highest BCUT2D eigenvalue weighted by Crippen LogP contribution is 2.43. The smallest absolute Gasteiger partial charge is 0.146 e. The van der Waals surface area contributed by atoms with Crippen LogP contribution in [0, 0.1) is 0 Å². The largest absolute Gasteiger partial charge is 0.457 e. The molecular weight excluding hydrogens is 438 g/mol. The molecule has 1 aliphatic carbocycles. The van der Waals surface area contributed by atoms with Crippen molar-refractivity contribution in [2.45, 2.75) is 38.3 Å². The molecule has 1 aliphatic heterocycles. The van der Waals surface area contributed by atoms with Gasteiger partial charge in [0.05, 0.1) is 18.6 Å². The van der Waals surface area contributed by atoms with Crippen molar-refractivity contribution >= 4 is 16.9 Å². The van der Waals surface area contributed by atoms with Gasteiger partial charge in [0, 0.05) is 36.9 Å². The molecule has 1 saturated carbocycles. The Hall–Kier alpha value is -3.42. The first-order valence-electron chi connectivity index (χ1n) is 12.5. The third-order valence-electron chi connectivity index (χ3n) is 7.20. The molecule has 6 rings (SSSR count). The predicted octanol–water partition coefficient (Wildman–Crippen LogP) is 5.42. The van der Waals surface area contributed by atoms with Gasteiger partial charge in [-0.3, -0.25) is 4.90 Å². The summed E-state index contributed by atoms with van der Waals surface area (Å²) in [5.74, 6) is 2.16. The predicted molar refractivity (Wildman–Crippen MR) is 137 cm³/mol. The molecule has 0 atom stereocenters. The fraction of sp³-hybridized carbons (Fsp3) is 0.357. The Balaban J connectivity index is 1.46. The summed E-state index contributed by atoms with van der Waals surface area (Å²) < 4.78 is 14.1. The second-order valence-corrected chi connectivity index (χ2v) is 9.42. The van der Waals surface area contributed by atoms with Crippen LogP contribution in [0.15, 0.2) is 60.9 Å². The summed E-state index contributed by atoms with van der Waals surface area (Å²) >= 11 is 0. The van der Waals surface area contributed by atoms with Crippen molar-refractivity contribution in [2.75, 3.05) is 32.0 Å². The molecule has 0 radical (unpaired) electrons. The summed E-state index contributed by atoms with van der Waals surface area (Å²) in [4.78, 5) is 11.6. The average Bonchev–Trinajstić information content (AvgIpc) is 3.53. The molecule has 0 amide bonds. The number of nitrogen functional groups attached to an aromatic ring is 1. The number of benzene rings is 2. The number of rotatable bonds is 6. The van der Waals surface area contributed by atoms with E-state index in [1.807, 2.05) is 42.5 Å². The van der Waals surface area contributed by atoms with Crippen LogP contribution in [-0.4, -0.2) is 45.7 Å². The maximum absolute atomic E-state index is 6.52. The van der Waals surface area contributed by atoms with Crippen LogP contribution in [0.1, 0.15) is 37.4 Å². The minimum absolute atomic E-state index is 0.442. The maximum atomic E-state index is 6.52. The zero-order chi connectivity index (χ0) is 23.6. The molecule has 2 aromatic heterocycles. The van der Waals surface area contributed by atoms with Crippen molar-refractivity contribution in [2.24, 2.45) is 0 Å². The lowest BCUT2D eigenvalue weighted by Gasteiger charge is -2.28. The number of anilines is 1. The third-order valence-corrected chi connectivity index (χ3v) is 7.20. The molecule has 2 aliphatic rings. The number of aromatic nitrogens is 3. The van der Waals surface area contributed by atoms with Crippen LogP contribution in [0.5, 0.6) is 11.5 Å². The second-order valence-electron chi connectivity index (χ2n) is 9.42. The number of hydrogen-bond donors (Lipinski definition) is 1. The topological polar surface area (TPSA) is 78.4 Å². The summed E-state index contributed by atoms with van der Waals surface area (Å²) in [6, 6.07) is 18.6. The van der Waals surface area contributed by atoms with E-state index in [-0.39, 0.29) is 0 Å². The van der Waals surface area contributed by atoms with Gasteiger partial charge < -0.3 is 19.8 Å². The van der Waals surface area contributed by atoms with Crippen molar-refractivity contribution in [3.05, 3.63) is 66.6 Å². The number of nitrogens with zero attached hydrogens (tertiary/aromatic N) is 4. The lowest BCUT2D eigenvalue weighted by Crippen LogP contribution is -2.36. The lowest BCUT2D eigenvalue weighted by molar-refractivity contribution is 0.0331. The molecule has 2 fully saturated rings. The Kier molecular flexibility index (Phi) is 6.10. The van der Waals surface area contributed by atoms with E-state index in [0.29, 0.717) is 11.9 Å². The minimum Gasteiger partial charge on any atom is -0.457 e. The van der Waals surface area contributed by atoms with Crippen LogP contribution in [0.25, 0.3) is 22.2 Å². The number of nitrogens with two attached hydrogens (primary N) is 1. The fourth-order valence-electron chi connectivity index (χ4n) is 5.51. The molecule has 7 nitrogen and oxygen atoms in total. The maximum Gasteiger partial charge on any atom is 0.146 e. The van der Waals surface area contributed by atoms with Gasteiger partial charge in [-0.05, 0) is 42.7 Å². The van der Waals surface area contributed by atoms with Crippen molar-refractivity contribution in [3.63, 3.8) is 0 Å². The van der Waals surface area contributed by atoms with Gasteiger partial charge in [0.15, 0.2) is 0 Å². The standard InChI is InChI=1S/C28H31N5O2/c29-27-26-25(20-10-12-23(13-11-20)35-22-8-2-1-3-9-22)24(18-32-14-16-34-17-15-32)33(21-6-4-5-7-21)28(26)31-19-30-27/h1-3,8-13,19,21H,4-7,14-18H2,(H2,29,30,31). The van der Waals surface area contributed by atoms with E-state index in [1.165, 1.54) is 31.4 Å². The van der Waals surface area contributed by atoms with E-state index in [9.17, 15) is 0 Å². The highest BCUT2D eigenvalue weighted by atomic mass is 16.5. The summed E-state index contributed by atoms with van der Waals surface area (Å²) in [7, 11) is 0. The SMILES string of the molecule is Nc1ncnc2c1c(-c1ccc(Oc3ccccc3)cc1)c(CN1CCOCC1)n2C1CCCC1. The van der Waals surface area contributed by atoms with Gasteiger partial charge in [-0.25, -0.2) is 9.97 Å². The molecule has 0 bridgehead atoms. The molecule has 4 aromatic rings. The fourth-order valence-corrected chi connectivity index (χ4v) is 5.51. The summed E-state index contributed by atoms with van der Waals surface area (Å²) in [5, 5.41) is 0.958. The number of ether oxygens (including phenoxy) is 2. The van der Waals surface area contributed by atoms with Crippen LogP contribution >= 0.6 is 0 Å². The number of morpholine rings is 1. The van der Waals surface area contributed by atoms with E-state index in [2.05, 4.69) is 26.6 Å². The van der Waals surface area contributed by atoms with Crippen molar-refractivity contribution in [1.29, 1.82) is 0 Å². The van der Waals surface area contributed by atoms with Gasteiger partial charge in [0.25, 0.3) is 0 Å². The van der Waals surface area contributed by atoms with Crippen molar-refractivity contribution in [1.82, 2.24) is 19.4 Å². The molecule has 35 heavy (non-hydrogen) atoms. The van der Waals surface area contributed by atoms with Crippen LogP contribution in [0.2, 0.25) is 0 Å². The Morgan fingerprint density at radius 3 is 2.37 bits per heavy atom.